The molecule has 0 bridgehead atoms. The van der Waals surface area contributed by atoms with Crippen LogP contribution in [-0.4, -0.2) is 14.9 Å². The molecule has 0 unspecified atom stereocenters. The second kappa shape index (κ2) is 7.38. The summed E-state index contributed by atoms with van der Waals surface area (Å²) >= 11 is 1.38. The number of nitro benzene ring substituents is 1. The number of hydrogen-bond donors (Lipinski definition) is 1. The van der Waals surface area contributed by atoms with Crippen molar-refractivity contribution in [3.63, 3.8) is 0 Å². The summed E-state index contributed by atoms with van der Waals surface area (Å²) in [4.78, 5) is 19.2. The molecule has 2 aromatic carbocycles. The quantitative estimate of drug-likeness (QED) is 0.375. The van der Waals surface area contributed by atoms with Crippen molar-refractivity contribution in [2.24, 2.45) is 0 Å². The number of anilines is 1. The molecule has 0 aliphatic heterocycles. The van der Waals surface area contributed by atoms with Crippen LogP contribution >= 0.6 is 11.3 Å². The number of aromatic nitrogens is 2. The number of thiazole rings is 1. The van der Waals surface area contributed by atoms with E-state index in [1.54, 1.807) is 12.3 Å². The Morgan fingerprint density at radius 2 is 1.96 bits per heavy atom. The lowest BCUT2D eigenvalue weighted by Gasteiger charge is -2.06. The van der Waals surface area contributed by atoms with Crippen LogP contribution in [0.5, 0.6) is 11.6 Å². The number of para-hydroxylation sites is 1. The predicted molar refractivity (Wildman–Crippen MR) is 104 cm³/mol. The molecule has 27 heavy (non-hydrogen) atoms. The van der Waals surface area contributed by atoms with Gasteiger partial charge in [0.05, 0.1) is 15.1 Å². The molecule has 0 aliphatic rings. The van der Waals surface area contributed by atoms with Gasteiger partial charge in [-0.05, 0) is 23.8 Å². The third-order valence-electron chi connectivity index (χ3n) is 3.79. The molecular weight excluding hydrogens is 364 g/mol. The Labute approximate surface area is 158 Å². The number of rotatable bonds is 6. The first-order valence-electron chi connectivity index (χ1n) is 8.14. The molecule has 1 N–H and O–H groups in total. The summed E-state index contributed by atoms with van der Waals surface area (Å²) in [6.07, 6.45) is 1.74. The molecular formula is C19H14N4O3S. The van der Waals surface area contributed by atoms with Crippen molar-refractivity contribution in [2.75, 3.05) is 5.32 Å². The first-order valence-corrected chi connectivity index (χ1v) is 8.96. The third-order valence-corrected chi connectivity index (χ3v) is 4.77. The summed E-state index contributed by atoms with van der Waals surface area (Å²) in [6, 6.07) is 17.9. The molecule has 0 saturated heterocycles. The van der Waals surface area contributed by atoms with Gasteiger partial charge in [-0.1, -0.05) is 35.6 Å². The van der Waals surface area contributed by atoms with Gasteiger partial charge in [0.25, 0.3) is 5.69 Å². The Bertz CT molecular complexity index is 1080. The van der Waals surface area contributed by atoms with Gasteiger partial charge in [-0.15, -0.1) is 0 Å². The summed E-state index contributed by atoms with van der Waals surface area (Å²) in [6.45, 7) is 0.542. The van der Waals surface area contributed by atoms with Gasteiger partial charge in [0.1, 0.15) is 5.75 Å². The first kappa shape index (κ1) is 16.9. The summed E-state index contributed by atoms with van der Waals surface area (Å²) in [7, 11) is 0. The topological polar surface area (TPSA) is 90.2 Å². The van der Waals surface area contributed by atoms with Crippen LogP contribution in [0.1, 0.15) is 5.56 Å². The molecule has 2 aromatic heterocycles. The van der Waals surface area contributed by atoms with Crippen LogP contribution in [0.4, 0.5) is 10.8 Å². The van der Waals surface area contributed by atoms with Gasteiger partial charge in [0.15, 0.2) is 5.13 Å². The van der Waals surface area contributed by atoms with Crippen LogP contribution < -0.4 is 10.1 Å². The van der Waals surface area contributed by atoms with E-state index in [1.165, 1.54) is 23.5 Å². The van der Waals surface area contributed by atoms with E-state index in [9.17, 15) is 10.1 Å². The van der Waals surface area contributed by atoms with Crippen LogP contribution in [0.2, 0.25) is 0 Å². The van der Waals surface area contributed by atoms with Crippen molar-refractivity contribution >= 4 is 32.4 Å². The Kier molecular flexibility index (Phi) is 4.63. The fourth-order valence-corrected chi connectivity index (χ4v) is 3.36. The summed E-state index contributed by atoms with van der Waals surface area (Å²) in [5.74, 6) is 1.26. The maximum atomic E-state index is 10.9. The van der Waals surface area contributed by atoms with Crippen LogP contribution in [-0.2, 0) is 6.54 Å². The van der Waals surface area contributed by atoms with Gasteiger partial charge >= 0.3 is 0 Å². The fourth-order valence-electron chi connectivity index (χ4n) is 2.47. The van der Waals surface area contributed by atoms with Crippen LogP contribution in [0.25, 0.3) is 10.2 Å². The zero-order valence-corrected chi connectivity index (χ0v) is 14.8. The van der Waals surface area contributed by atoms with Crippen LogP contribution in [0, 0.1) is 10.1 Å². The highest BCUT2D eigenvalue weighted by Gasteiger charge is 2.10. The van der Waals surface area contributed by atoms with E-state index < -0.39 is 4.92 Å². The second-order valence-electron chi connectivity index (χ2n) is 5.70. The Balaban J connectivity index is 1.41. The molecule has 134 valence electrons. The fraction of sp³-hybridized carbons (Fsp3) is 0.0526. The minimum Gasteiger partial charge on any atom is -0.439 e. The van der Waals surface area contributed by atoms with Gasteiger partial charge in [0, 0.05) is 30.9 Å². The van der Waals surface area contributed by atoms with E-state index in [1.807, 2.05) is 42.5 Å². The molecule has 0 spiro atoms. The monoisotopic (exact) mass is 378 g/mol. The largest absolute Gasteiger partial charge is 0.439 e. The number of pyridine rings is 1. The summed E-state index contributed by atoms with van der Waals surface area (Å²) in [5, 5.41) is 14.8. The Morgan fingerprint density at radius 1 is 1.11 bits per heavy atom. The number of nitrogens with zero attached hydrogens (tertiary/aromatic N) is 3. The van der Waals surface area contributed by atoms with E-state index in [4.69, 9.17) is 4.74 Å². The molecule has 7 nitrogen and oxygen atoms in total. The SMILES string of the molecule is O=[N+]([O-])c1ccc2nc(NCc3ccc(Oc4ccccc4)nc3)sc2c1. The highest BCUT2D eigenvalue weighted by Crippen LogP contribution is 2.29. The van der Waals surface area contributed by atoms with Crippen molar-refractivity contribution in [3.05, 3.63) is 82.5 Å². The summed E-state index contributed by atoms with van der Waals surface area (Å²) in [5.41, 5.74) is 1.77. The predicted octanol–water partition coefficient (Wildman–Crippen LogP) is 5.00. The van der Waals surface area contributed by atoms with E-state index >= 15 is 0 Å². The van der Waals surface area contributed by atoms with Gasteiger partial charge < -0.3 is 10.1 Å². The van der Waals surface area contributed by atoms with Gasteiger partial charge in [0.2, 0.25) is 5.88 Å². The molecule has 0 saturated carbocycles. The molecule has 2 heterocycles. The van der Waals surface area contributed by atoms with E-state index in [2.05, 4.69) is 15.3 Å². The number of fused-ring (bicyclic) bond motifs is 1. The van der Waals surface area contributed by atoms with Gasteiger partial charge in [-0.25, -0.2) is 9.97 Å². The van der Waals surface area contributed by atoms with E-state index in [0.29, 0.717) is 17.6 Å². The third kappa shape index (κ3) is 4.01. The van der Waals surface area contributed by atoms with Crippen molar-refractivity contribution in [1.29, 1.82) is 0 Å². The lowest BCUT2D eigenvalue weighted by atomic mass is 10.3. The number of non-ortho nitro benzene ring substituents is 1. The Hall–Kier alpha value is -3.52. The zero-order valence-electron chi connectivity index (χ0n) is 14.0. The highest BCUT2D eigenvalue weighted by molar-refractivity contribution is 7.22. The smallest absolute Gasteiger partial charge is 0.270 e. The molecule has 4 aromatic rings. The molecule has 0 radical (unpaired) electrons. The van der Waals surface area contributed by atoms with E-state index in [0.717, 1.165) is 21.5 Å². The lowest BCUT2D eigenvalue weighted by Crippen LogP contribution is -1.99. The normalized spacial score (nSPS) is 10.7. The number of nitro groups is 1. The second-order valence-corrected chi connectivity index (χ2v) is 6.73. The van der Waals surface area contributed by atoms with Gasteiger partial charge in [-0.3, -0.25) is 10.1 Å². The maximum absolute atomic E-state index is 10.9. The van der Waals surface area contributed by atoms with E-state index in [-0.39, 0.29) is 5.69 Å². The molecule has 0 amide bonds. The number of ether oxygens (including phenoxy) is 1. The number of hydrogen-bond acceptors (Lipinski definition) is 7. The number of benzene rings is 2. The molecule has 8 heteroatoms. The lowest BCUT2D eigenvalue weighted by molar-refractivity contribution is -0.384. The average Bonchev–Trinajstić information content (AvgIpc) is 3.10. The zero-order chi connectivity index (χ0) is 18.6. The van der Waals surface area contributed by atoms with Crippen molar-refractivity contribution in [1.82, 2.24) is 9.97 Å². The highest BCUT2D eigenvalue weighted by atomic mass is 32.1. The maximum Gasteiger partial charge on any atom is 0.270 e. The number of nitrogens with one attached hydrogen (secondary N) is 1. The Morgan fingerprint density at radius 3 is 2.70 bits per heavy atom. The molecule has 0 atom stereocenters. The first-order chi connectivity index (χ1) is 13.2. The minimum atomic E-state index is -0.406. The van der Waals surface area contributed by atoms with Crippen LogP contribution in [0.3, 0.4) is 0 Å². The summed E-state index contributed by atoms with van der Waals surface area (Å²) < 4.78 is 6.44. The molecule has 0 aliphatic carbocycles. The van der Waals surface area contributed by atoms with Crippen molar-refractivity contribution in [2.45, 2.75) is 6.54 Å². The van der Waals surface area contributed by atoms with Gasteiger partial charge in [-0.2, -0.15) is 0 Å². The van der Waals surface area contributed by atoms with Crippen LogP contribution in [0.15, 0.2) is 66.9 Å². The molecule has 0 fully saturated rings. The van der Waals surface area contributed by atoms with Crippen molar-refractivity contribution in [3.8, 4) is 11.6 Å². The molecule has 4 rings (SSSR count). The van der Waals surface area contributed by atoms with Crippen molar-refractivity contribution < 1.29 is 9.66 Å². The minimum absolute atomic E-state index is 0.0657. The average molecular weight is 378 g/mol. The standard InChI is InChI=1S/C19H14N4O3S/c24-23(25)14-7-8-16-17(10-14)27-19(22-16)21-12-13-6-9-18(20-11-13)26-15-4-2-1-3-5-15/h1-11H,12H2,(H,21,22).